The summed E-state index contributed by atoms with van der Waals surface area (Å²) in [7, 11) is -1.73. The standard InChI is InChI=1S/C18H23ClN4O3S/c1-22-13-14(12-21-22)5-4-8-20-18(24)16-11-15(6-7-17(16)19)27(25,26)23-9-2-3-10-23/h6-7,11-13H,2-5,8-10H2,1H3,(H,20,24). The second kappa shape index (κ2) is 8.41. The number of rotatable bonds is 7. The second-order valence-electron chi connectivity index (χ2n) is 6.63. The zero-order valence-corrected chi connectivity index (χ0v) is 16.8. The van der Waals surface area contributed by atoms with Crippen LogP contribution in [0.25, 0.3) is 0 Å². The summed E-state index contributed by atoms with van der Waals surface area (Å²) in [5.41, 5.74) is 1.28. The van der Waals surface area contributed by atoms with Crippen LogP contribution in [0.2, 0.25) is 5.02 Å². The summed E-state index contributed by atoms with van der Waals surface area (Å²) in [4.78, 5) is 12.6. The lowest BCUT2D eigenvalue weighted by atomic mass is 10.2. The fourth-order valence-electron chi connectivity index (χ4n) is 3.11. The third-order valence-corrected chi connectivity index (χ3v) is 6.80. The van der Waals surface area contributed by atoms with Crippen molar-refractivity contribution in [3.63, 3.8) is 0 Å². The molecule has 1 saturated heterocycles. The number of carbonyl (C=O) groups excluding carboxylic acids is 1. The van der Waals surface area contributed by atoms with Gasteiger partial charge in [-0.05, 0) is 49.4 Å². The van der Waals surface area contributed by atoms with Crippen molar-refractivity contribution in [3.05, 3.63) is 46.7 Å². The van der Waals surface area contributed by atoms with Gasteiger partial charge in [0.15, 0.2) is 0 Å². The van der Waals surface area contributed by atoms with Crippen LogP contribution in [-0.2, 0) is 23.5 Å². The summed E-state index contributed by atoms with van der Waals surface area (Å²) < 4.78 is 28.6. The molecule has 1 amide bonds. The van der Waals surface area contributed by atoms with E-state index in [1.807, 2.05) is 13.2 Å². The lowest BCUT2D eigenvalue weighted by molar-refractivity contribution is 0.0953. The Balaban J connectivity index is 1.63. The number of aryl methyl sites for hydroxylation is 2. The zero-order valence-electron chi connectivity index (χ0n) is 15.2. The molecule has 1 aromatic heterocycles. The molecule has 0 atom stereocenters. The van der Waals surface area contributed by atoms with Gasteiger partial charge in [0, 0.05) is 32.9 Å². The number of aromatic nitrogens is 2. The summed E-state index contributed by atoms with van der Waals surface area (Å²) in [5.74, 6) is -0.371. The van der Waals surface area contributed by atoms with Crippen LogP contribution in [0.4, 0.5) is 0 Å². The van der Waals surface area contributed by atoms with E-state index in [0.29, 0.717) is 19.6 Å². The van der Waals surface area contributed by atoms with Crippen LogP contribution < -0.4 is 5.32 Å². The van der Waals surface area contributed by atoms with Crippen molar-refractivity contribution in [1.82, 2.24) is 19.4 Å². The van der Waals surface area contributed by atoms with Crippen LogP contribution in [0.15, 0.2) is 35.5 Å². The summed E-state index contributed by atoms with van der Waals surface area (Å²) in [6.45, 7) is 1.49. The average Bonchev–Trinajstić information content (AvgIpc) is 3.31. The van der Waals surface area contributed by atoms with Crippen molar-refractivity contribution < 1.29 is 13.2 Å². The van der Waals surface area contributed by atoms with Crippen LogP contribution >= 0.6 is 11.6 Å². The van der Waals surface area contributed by atoms with E-state index >= 15 is 0 Å². The fourth-order valence-corrected chi connectivity index (χ4v) is 4.85. The Morgan fingerprint density at radius 3 is 2.70 bits per heavy atom. The van der Waals surface area contributed by atoms with E-state index in [-0.39, 0.29) is 21.4 Å². The molecule has 7 nitrogen and oxygen atoms in total. The van der Waals surface area contributed by atoms with Crippen LogP contribution in [0.3, 0.4) is 0 Å². The van der Waals surface area contributed by atoms with Gasteiger partial charge in [-0.2, -0.15) is 9.40 Å². The van der Waals surface area contributed by atoms with Crippen LogP contribution in [0.5, 0.6) is 0 Å². The number of benzene rings is 1. The number of hydrogen-bond donors (Lipinski definition) is 1. The SMILES string of the molecule is Cn1cc(CCCNC(=O)c2cc(S(=O)(=O)N3CCCC3)ccc2Cl)cn1. The van der Waals surface area contributed by atoms with E-state index in [0.717, 1.165) is 31.2 Å². The Morgan fingerprint density at radius 1 is 1.30 bits per heavy atom. The first-order chi connectivity index (χ1) is 12.9. The van der Waals surface area contributed by atoms with Gasteiger partial charge in [-0.3, -0.25) is 9.48 Å². The summed E-state index contributed by atoms with van der Waals surface area (Å²) in [6.07, 6.45) is 7.00. The monoisotopic (exact) mass is 410 g/mol. The number of nitrogens with zero attached hydrogens (tertiary/aromatic N) is 3. The van der Waals surface area contributed by atoms with E-state index < -0.39 is 10.0 Å². The third-order valence-electron chi connectivity index (χ3n) is 4.57. The fraction of sp³-hybridized carbons (Fsp3) is 0.444. The number of sulfonamides is 1. The highest BCUT2D eigenvalue weighted by Crippen LogP contribution is 2.25. The molecule has 1 aliphatic rings. The molecule has 0 spiro atoms. The van der Waals surface area contributed by atoms with Gasteiger partial charge in [-0.25, -0.2) is 8.42 Å². The van der Waals surface area contributed by atoms with Gasteiger partial charge in [-0.1, -0.05) is 11.6 Å². The van der Waals surface area contributed by atoms with Crippen molar-refractivity contribution in [2.75, 3.05) is 19.6 Å². The lowest BCUT2D eigenvalue weighted by Crippen LogP contribution is -2.29. The minimum atomic E-state index is -3.58. The van der Waals surface area contributed by atoms with E-state index in [4.69, 9.17) is 11.6 Å². The maximum Gasteiger partial charge on any atom is 0.252 e. The molecule has 0 unspecified atom stereocenters. The molecule has 3 rings (SSSR count). The molecule has 2 aromatic rings. The minimum absolute atomic E-state index is 0.106. The Hall–Kier alpha value is -1.90. The Labute approximate surface area is 164 Å². The van der Waals surface area contributed by atoms with E-state index in [1.54, 1.807) is 10.9 Å². The number of amides is 1. The van der Waals surface area contributed by atoms with Crippen molar-refractivity contribution in [2.24, 2.45) is 7.05 Å². The highest BCUT2D eigenvalue weighted by atomic mass is 35.5. The van der Waals surface area contributed by atoms with Crippen LogP contribution in [0.1, 0.15) is 35.2 Å². The molecule has 1 fully saturated rings. The Kier molecular flexibility index (Phi) is 6.18. The zero-order chi connectivity index (χ0) is 19.4. The molecular formula is C18H23ClN4O3S. The minimum Gasteiger partial charge on any atom is -0.352 e. The largest absolute Gasteiger partial charge is 0.352 e. The third kappa shape index (κ3) is 4.69. The van der Waals surface area contributed by atoms with Gasteiger partial charge >= 0.3 is 0 Å². The first-order valence-electron chi connectivity index (χ1n) is 8.93. The first kappa shape index (κ1) is 19.9. The molecule has 0 radical (unpaired) electrons. The van der Waals surface area contributed by atoms with Crippen molar-refractivity contribution in [3.8, 4) is 0 Å². The van der Waals surface area contributed by atoms with E-state index in [1.165, 1.54) is 22.5 Å². The molecule has 0 saturated carbocycles. The molecule has 146 valence electrons. The summed E-state index contributed by atoms with van der Waals surface area (Å²) in [6, 6.07) is 4.29. The molecular weight excluding hydrogens is 388 g/mol. The number of nitrogens with one attached hydrogen (secondary N) is 1. The quantitative estimate of drug-likeness (QED) is 0.709. The molecule has 1 N–H and O–H groups in total. The number of halogens is 1. The molecule has 2 heterocycles. The van der Waals surface area contributed by atoms with Gasteiger partial charge in [0.2, 0.25) is 10.0 Å². The van der Waals surface area contributed by atoms with Crippen molar-refractivity contribution >= 4 is 27.5 Å². The van der Waals surface area contributed by atoms with Gasteiger partial charge in [-0.15, -0.1) is 0 Å². The van der Waals surface area contributed by atoms with Crippen LogP contribution in [0, 0.1) is 0 Å². The highest BCUT2D eigenvalue weighted by molar-refractivity contribution is 7.89. The maximum atomic E-state index is 12.7. The predicted molar refractivity (Wildman–Crippen MR) is 103 cm³/mol. The normalized spacial score (nSPS) is 15.2. The lowest BCUT2D eigenvalue weighted by Gasteiger charge is -2.16. The van der Waals surface area contributed by atoms with Gasteiger partial charge < -0.3 is 5.32 Å². The summed E-state index contributed by atoms with van der Waals surface area (Å²) >= 11 is 6.13. The van der Waals surface area contributed by atoms with Crippen LogP contribution in [-0.4, -0.2) is 48.0 Å². The maximum absolute atomic E-state index is 12.7. The van der Waals surface area contributed by atoms with Gasteiger partial charge in [0.05, 0.1) is 21.7 Å². The average molecular weight is 411 g/mol. The molecule has 1 aromatic carbocycles. The molecule has 0 bridgehead atoms. The number of carbonyl (C=O) groups is 1. The number of hydrogen-bond acceptors (Lipinski definition) is 4. The van der Waals surface area contributed by atoms with E-state index in [2.05, 4.69) is 10.4 Å². The second-order valence-corrected chi connectivity index (χ2v) is 8.98. The predicted octanol–water partition coefficient (Wildman–Crippen LogP) is 2.22. The topological polar surface area (TPSA) is 84.3 Å². The summed E-state index contributed by atoms with van der Waals surface area (Å²) in [5, 5.41) is 7.15. The Bertz CT molecular complexity index is 920. The van der Waals surface area contributed by atoms with Crippen molar-refractivity contribution in [1.29, 1.82) is 0 Å². The smallest absolute Gasteiger partial charge is 0.252 e. The molecule has 0 aliphatic carbocycles. The van der Waals surface area contributed by atoms with Crippen molar-refractivity contribution in [2.45, 2.75) is 30.6 Å². The Morgan fingerprint density at radius 2 is 2.04 bits per heavy atom. The molecule has 27 heavy (non-hydrogen) atoms. The molecule has 1 aliphatic heterocycles. The van der Waals surface area contributed by atoms with Gasteiger partial charge in [0.1, 0.15) is 0 Å². The molecule has 9 heteroatoms. The first-order valence-corrected chi connectivity index (χ1v) is 10.7. The van der Waals surface area contributed by atoms with Gasteiger partial charge in [0.25, 0.3) is 5.91 Å². The van der Waals surface area contributed by atoms with E-state index in [9.17, 15) is 13.2 Å². The highest BCUT2D eigenvalue weighted by Gasteiger charge is 2.28.